The van der Waals surface area contributed by atoms with E-state index in [1.807, 2.05) is 4.57 Å². The van der Waals surface area contributed by atoms with Crippen molar-refractivity contribution in [3.05, 3.63) is 23.0 Å². The summed E-state index contributed by atoms with van der Waals surface area (Å²) in [5, 5.41) is 9.70. The minimum Gasteiger partial charge on any atom is -0.477 e. The number of carboxylic acid groups (broad SMARTS) is 1. The van der Waals surface area contributed by atoms with E-state index in [1.54, 1.807) is 12.3 Å². The molecular weight excluding hydrogens is 240 g/mol. The Labute approximate surface area is 105 Å². The van der Waals surface area contributed by atoms with Crippen LogP contribution in [0.4, 0.5) is 0 Å². The van der Waals surface area contributed by atoms with Gasteiger partial charge in [-0.1, -0.05) is 11.6 Å². The summed E-state index contributed by atoms with van der Waals surface area (Å²) >= 11 is 5.93. The molecule has 17 heavy (non-hydrogen) atoms. The van der Waals surface area contributed by atoms with Crippen LogP contribution in [0.3, 0.4) is 0 Å². The molecule has 4 nitrogen and oxygen atoms in total. The number of aromatic carboxylic acids is 1. The Morgan fingerprint density at radius 1 is 1.41 bits per heavy atom. The molecule has 1 atom stereocenters. The van der Waals surface area contributed by atoms with Crippen molar-refractivity contribution >= 4 is 17.6 Å². The number of halogens is 1. The molecule has 0 saturated carbocycles. The van der Waals surface area contributed by atoms with Gasteiger partial charge in [-0.3, -0.25) is 0 Å². The van der Waals surface area contributed by atoms with Crippen LogP contribution >= 0.6 is 11.6 Å². The Morgan fingerprint density at radius 2 is 2.12 bits per heavy atom. The first kappa shape index (κ1) is 11.1. The standard InChI is InChI=1S/C12H15ClN2O2/c13-9-5-10(12(16)17)15(6-9)11-7-14-3-1-8(11)2-4-14/h5-6,8,11H,1-4,7H2,(H,16,17). The molecule has 1 N–H and O–H groups in total. The number of hydrogen-bond acceptors (Lipinski definition) is 2. The topological polar surface area (TPSA) is 45.5 Å². The van der Waals surface area contributed by atoms with Crippen LogP contribution in [-0.2, 0) is 0 Å². The summed E-state index contributed by atoms with van der Waals surface area (Å²) < 4.78 is 1.86. The third kappa shape index (κ3) is 1.85. The second kappa shape index (κ2) is 4.03. The van der Waals surface area contributed by atoms with Gasteiger partial charge in [-0.15, -0.1) is 0 Å². The van der Waals surface area contributed by atoms with E-state index in [0.29, 0.717) is 16.6 Å². The van der Waals surface area contributed by atoms with Gasteiger partial charge in [-0.05, 0) is 37.9 Å². The van der Waals surface area contributed by atoms with Gasteiger partial charge in [0, 0.05) is 18.8 Å². The van der Waals surface area contributed by atoms with Crippen molar-refractivity contribution in [2.75, 3.05) is 19.6 Å². The lowest BCUT2D eigenvalue weighted by atomic mass is 9.84. The minimum absolute atomic E-state index is 0.274. The molecule has 0 aliphatic carbocycles. The van der Waals surface area contributed by atoms with Gasteiger partial charge in [0.25, 0.3) is 0 Å². The molecule has 3 fully saturated rings. The molecule has 3 saturated heterocycles. The zero-order chi connectivity index (χ0) is 12.0. The van der Waals surface area contributed by atoms with Gasteiger partial charge < -0.3 is 14.6 Å². The highest BCUT2D eigenvalue weighted by Gasteiger charge is 2.36. The van der Waals surface area contributed by atoms with Gasteiger partial charge in [-0.2, -0.15) is 0 Å². The molecule has 1 aromatic rings. The third-order valence-electron chi connectivity index (χ3n) is 4.01. The number of carbonyl (C=O) groups is 1. The third-order valence-corrected chi connectivity index (χ3v) is 4.22. The SMILES string of the molecule is O=C(O)c1cc(Cl)cn1C1CN2CCC1CC2. The number of rotatable bonds is 2. The molecule has 1 aromatic heterocycles. The van der Waals surface area contributed by atoms with E-state index in [2.05, 4.69) is 4.90 Å². The van der Waals surface area contributed by atoms with Crippen LogP contribution in [0.5, 0.6) is 0 Å². The summed E-state index contributed by atoms with van der Waals surface area (Å²) in [7, 11) is 0. The van der Waals surface area contributed by atoms with Gasteiger partial charge >= 0.3 is 5.97 Å². The van der Waals surface area contributed by atoms with Crippen molar-refractivity contribution in [2.24, 2.45) is 5.92 Å². The van der Waals surface area contributed by atoms with Crippen molar-refractivity contribution < 1.29 is 9.90 Å². The molecule has 0 aromatic carbocycles. The smallest absolute Gasteiger partial charge is 0.352 e. The molecule has 5 heteroatoms. The van der Waals surface area contributed by atoms with Gasteiger partial charge in [0.1, 0.15) is 5.69 Å². The lowest BCUT2D eigenvalue weighted by Gasteiger charge is -2.45. The second-order valence-corrected chi connectivity index (χ2v) is 5.40. The first-order chi connectivity index (χ1) is 8.15. The molecule has 3 aliphatic rings. The lowest BCUT2D eigenvalue weighted by molar-refractivity contribution is 0.0509. The van der Waals surface area contributed by atoms with Crippen LogP contribution in [0, 0.1) is 5.92 Å². The molecule has 3 aliphatic heterocycles. The number of hydrogen-bond donors (Lipinski definition) is 1. The highest BCUT2D eigenvalue weighted by molar-refractivity contribution is 6.30. The van der Waals surface area contributed by atoms with Gasteiger partial charge in [0.2, 0.25) is 0 Å². The average Bonchev–Trinajstić information content (AvgIpc) is 2.73. The fourth-order valence-corrected chi connectivity index (χ4v) is 3.35. The quantitative estimate of drug-likeness (QED) is 0.879. The van der Waals surface area contributed by atoms with Crippen molar-refractivity contribution in [1.29, 1.82) is 0 Å². The first-order valence-electron chi connectivity index (χ1n) is 5.98. The zero-order valence-corrected chi connectivity index (χ0v) is 10.2. The normalized spacial score (nSPS) is 31.7. The van der Waals surface area contributed by atoms with E-state index in [1.165, 1.54) is 12.8 Å². The van der Waals surface area contributed by atoms with E-state index in [4.69, 9.17) is 11.6 Å². The number of piperidine rings is 3. The summed E-state index contributed by atoms with van der Waals surface area (Å²) in [6.07, 6.45) is 4.09. The summed E-state index contributed by atoms with van der Waals surface area (Å²) in [5.41, 5.74) is 0.314. The van der Waals surface area contributed by atoms with E-state index >= 15 is 0 Å². The van der Waals surface area contributed by atoms with Crippen molar-refractivity contribution in [1.82, 2.24) is 9.47 Å². The predicted molar refractivity (Wildman–Crippen MR) is 64.6 cm³/mol. The van der Waals surface area contributed by atoms with E-state index in [-0.39, 0.29) is 6.04 Å². The summed E-state index contributed by atoms with van der Waals surface area (Å²) in [6, 6.07) is 1.82. The Hall–Kier alpha value is -1.00. The molecule has 0 amide bonds. The van der Waals surface area contributed by atoms with Crippen LogP contribution in [0.25, 0.3) is 0 Å². The maximum absolute atomic E-state index is 11.2. The van der Waals surface area contributed by atoms with Crippen LogP contribution < -0.4 is 0 Å². The number of fused-ring (bicyclic) bond motifs is 3. The zero-order valence-electron chi connectivity index (χ0n) is 9.47. The number of aromatic nitrogens is 1. The highest BCUT2D eigenvalue weighted by atomic mass is 35.5. The first-order valence-corrected chi connectivity index (χ1v) is 6.36. The molecule has 4 rings (SSSR count). The maximum Gasteiger partial charge on any atom is 0.352 e. The molecular formula is C12H15ClN2O2. The van der Waals surface area contributed by atoms with Crippen LogP contribution in [-0.4, -0.2) is 40.2 Å². The van der Waals surface area contributed by atoms with E-state index in [9.17, 15) is 9.90 Å². The summed E-state index contributed by atoms with van der Waals surface area (Å²) in [5.74, 6) is -0.296. The Bertz CT molecular complexity index is 449. The van der Waals surface area contributed by atoms with Crippen molar-refractivity contribution in [3.8, 4) is 0 Å². The fourth-order valence-electron chi connectivity index (χ4n) is 3.14. The molecule has 0 spiro atoms. The Morgan fingerprint density at radius 3 is 2.65 bits per heavy atom. The summed E-state index contributed by atoms with van der Waals surface area (Å²) in [6.45, 7) is 3.26. The monoisotopic (exact) mass is 254 g/mol. The van der Waals surface area contributed by atoms with Crippen LogP contribution in [0.2, 0.25) is 5.02 Å². The van der Waals surface area contributed by atoms with E-state index < -0.39 is 5.97 Å². The van der Waals surface area contributed by atoms with E-state index in [0.717, 1.165) is 19.6 Å². The molecule has 4 heterocycles. The predicted octanol–water partition coefficient (Wildman–Crippen LogP) is 2.11. The highest BCUT2D eigenvalue weighted by Crippen LogP contribution is 2.37. The van der Waals surface area contributed by atoms with Crippen LogP contribution in [0.1, 0.15) is 29.4 Å². The van der Waals surface area contributed by atoms with Gasteiger partial charge in [-0.25, -0.2) is 4.79 Å². The maximum atomic E-state index is 11.2. The lowest BCUT2D eigenvalue weighted by Crippen LogP contribution is -2.48. The fraction of sp³-hybridized carbons (Fsp3) is 0.583. The molecule has 1 unspecified atom stereocenters. The number of carboxylic acids is 1. The van der Waals surface area contributed by atoms with Crippen LogP contribution in [0.15, 0.2) is 12.3 Å². The second-order valence-electron chi connectivity index (χ2n) is 4.96. The Kier molecular flexibility index (Phi) is 2.64. The molecule has 92 valence electrons. The van der Waals surface area contributed by atoms with Crippen molar-refractivity contribution in [2.45, 2.75) is 18.9 Å². The average molecular weight is 255 g/mol. The molecule has 0 radical (unpaired) electrons. The molecule has 2 bridgehead atoms. The minimum atomic E-state index is -0.895. The van der Waals surface area contributed by atoms with Gasteiger partial charge in [0.15, 0.2) is 0 Å². The van der Waals surface area contributed by atoms with Crippen molar-refractivity contribution in [3.63, 3.8) is 0 Å². The largest absolute Gasteiger partial charge is 0.477 e. The van der Waals surface area contributed by atoms with Gasteiger partial charge in [0.05, 0.1) is 5.02 Å². The summed E-state index contributed by atoms with van der Waals surface area (Å²) in [4.78, 5) is 13.6. The Balaban J connectivity index is 1.96. The number of nitrogens with zero attached hydrogens (tertiary/aromatic N) is 2.